The molecule has 4 heteroatoms. The third-order valence-corrected chi connectivity index (χ3v) is 3.36. The topological polar surface area (TPSA) is 42.4 Å². The van der Waals surface area contributed by atoms with Gasteiger partial charge in [-0.25, -0.2) is 0 Å². The Morgan fingerprint density at radius 3 is 3.15 bits per heavy atom. The van der Waals surface area contributed by atoms with Crippen molar-refractivity contribution in [1.82, 2.24) is 9.88 Å². The van der Waals surface area contributed by atoms with E-state index < -0.39 is 0 Å². The van der Waals surface area contributed by atoms with Crippen LogP contribution in [0.5, 0.6) is 0 Å². The lowest BCUT2D eigenvalue weighted by atomic mass is 10.0. The Hall–Kier alpha value is -1.68. The fourth-order valence-electron chi connectivity index (χ4n) is 2.42. The highest BCUT2D eigenvalue weighted by molar-refractivity contribution is 5.92. The summed E-state index contributed by atoms with van der Waals surface area (Å²) in [6.07, 6.45) is 7.90. The summed E-state index contributed by atoms with van der Waals surface area (Å²) in [5, 5.41) is 0. The van der Waals surface area contributed by atoms with Crippen molar-refractivity contribution in [3.63, 3.8) is 0 Å². The van der Waals surface area contributed by atoms with Crippen LogP contribution in [0.4, 0.5) is 0 Å². The molecule has 1 atom stereocenters. The van der Waals surface area contributed by atoms with Gasteiger partial charge in [-0.1, -0.05) is 19.9 Å². The van der Waals surface area contributed by atoms with Gasteiger partial charge in [0.2, 0.25) is 5.91 Å². The molecule has 1 saturated heterocycles. The Morgan fingerprint density at radius 2 is 2.45 bits per heavy atom. The minimum Gasteiger partial charge on any atom is -0.377 e. The maximum absolute atomic E-state index is 12.3. The van der Waals surface area contributed by atoms with Gasteiger partial charge in [-0.2, -0.15) is 0 Å². The maximum Gasteiger partial charge on any atom is 0.246 e. The molecule has 108 valence electrons. The van der Waals surface area contributed by atoms with E-state index in [4.69, 9.17) is 4.74 Å². The van der Waals surface area contributed by atoms with E-state index in [1.807, 2.05) is 23.1 Å². The molecule has 1 aliphatic heterocycles. The quantitative estimate of drug-likeness (QED) is 0.792. The molecule has 0 unspecified atom stereocenters. The number of aromatic nitrogens is 1. The Balaban J connectivity index is 2.00. The smallest absolute Gasteiger partial charge is 0.246 e. The van der Waals surface area contributed by atoms with Crippen LogP contribution in [-0.2, 0) is 9.53 Å². The van der Waals surface area contributed by atoms with Crippen molar-refractivity contribution in [2.45, 2.75) is 26.3 Å². The third kappa shape index (κ3) is 4.17. The number of hydrogen-bond acceptors (Lipinski definition) is 3. The predicted molar refractivity (Wildman–Crippen MR) is 79.0 cm³/mol. The highest BCUT2D eigenvalue weighted by atomic mass is 16.5. The summed E-state index contributed by atoms with van der Waals surface area (Å²) in [6.45, 7) is 6.28. The van der Waals surface area contributed by atoms with E-state index in [0.29, 0.717) is 25.7 Å². The number of hydrogen-bond donors (Lipinski definition) is 0. The van der Waals surface area contributed by atoms with Crippen LogP contribution in [0.15, 0.2) is 30.6 Å². The second kappa shape index (κ2) is 7.20. The van der Waals surface area contributed by atoms with Gasteiger partial charge in [0.25, 0.3) is 0 Å². The van der Waals surface area contributed by atoms with Crippen molar-refractivity contribution in [1.29, 1.82) is 0 Å². The van der Waals surface area contributed by atoms with Crippen molar-refractivity contribution in [3.05, 3.63) is 36.2 Å². The zero-order chi connectivity index (χ0) is 14.4. The molecule has 1 aromatic rings. The molecule has 0 aliphatic carbocycles. The largest absolute Gasteiger partial charge is 0.377 e. The standard InChI is InChI=1S/C16H22N2O2/c1-13(2)10-15-12-20-9-8-18(15)16(19)6-5-14-4-3-7-17-11-14/h3-7,11,13,15H,8-10,12H2,1-2H3/b6-5-/t15-/m1/s1. The number of nitrogens with zero attached hydrogens (tertiary/aromatic N) is 2. The zero-order valence-electron chi connectivity index (χ0n) is 12.2. The van der Waals surface area contributed by atoms with Crippen LogP contribution in [0, 0.1) is 5.92 Å². The molecule has 1 aromatic heterocycles. The molecule has 20 heavy (non-hydrogen) atoms. The summed E-state index contributed by atoms with van der Waals surface area (Å²) in [6, 6.07) is 3.98. The molecule has 2 heterocycles. The molecule has 1 amide bonds. The molecule has 2 rings (SSSR count). The molecule has 0 aromatic carbocycles. The van der Waals surface area contributed by atoms with E-state index in [-0.39, 0.29) is 11.9 Å². The molecule has 0 saturated carbocycles. The Bertz CT molecular complexity index is 457. The highest BCUT2D eigenvalue weighted by Crippen LogP contribution is 2.16. The van der Waals surface area contributed by atoms with E-state index in [1.54, 1.807) is 18.5 Å². The van der Waals surface area contributed by atoms with Gasteiger partial charge in [-0.3, -0.25) is 9.78 Å². The Morgan fingerprint density at radius 1 is 1.60 bits per heavy atom. The zero-order valence-corrected chi connectivity index (χ0v) is 12.2. The molecular weight excluding hydrogens is 252 g/mol. The highest BCUT2D eigenvalue weighted by Gasteiger charge is 2.26. The van der Waals surface area contributed by atoms with E-state index in [0.717, 1.165) is 12.0 Å². The fourth-order valence-corrected chi connectivity index (χ4v) is 2.42. The molecule has 1 fully saturated rings. The molecule has 1 aliphatic rings. The van der Waals surface area contributed by atoms with Crippen LogP contribution in [0.1, 0.15) is 25.8 Å². The van der Waals surface area contributed by atoms with E-state index in [2.05, 4.69) is 18.8 Å². The van der Waals surface area contributed by atoms with Crippen molar-refractivity contribution >= 4 is 12.0 Å². The second-order valence-corrected chi connectivity index (χ2v) is 5.51. The van der Waals surface area contributed by atoms with E-state index in [1.165, 1.54) is 0 Å². The van der Waals surface area contributed by atoms with Crippen molar-refractivity contribution in [3.8, 4) is 0 Å². The fraction of sp³-hybridized carbons (Fsp3) is 0.500. The Kier molecular flexibility index (Phi) is 5.30. The van der Waals surface area contributed by atoms with Crippen molar-refractivity contribution in [2.75, 3.05) is 19.8 Å². The maximum atomic E-state index is 12.3. The average molecular weight is 274 g/mol. The number of carbonyl (C=O) groups excluding carboxylic acids is 1. The van der Waals surface area contributed by atoms with Crippen LogP contribution >= 0.6 is 0 Å². The minimum atomic E-state index is 0.0582. The molecule has 0 bridgehead atoms. The number of carbonyl (C=O) groups is 1. The SMILES string of the molecule is CC(C)C[C@@H]1COCCN1C(=O)/C=C\c1cccnc1. The summed E-state index contributed by atoms with van der Waals surface area (Å²) >= 11 is 0. The Labute approximate surface area is 120 Å². The summed E-state index contributed by atoms with van der Waals surface area (Å²) in [5.41, 5.74) is 0.939. The van der Waals surface area contributed by atoms with E-state index >= 15 is 0 Å². The third-order valence-electron chi connectivity index (χ3n) is 3.36. The lowest BCUT2D eigenvalue weighted by molar-refractivity contribution is -0.135. The summed E-state index contributed by atoms with van der Waals surface area (Å²) in [7, 11) is 0. The monoisotopic (exact) mass is 274 g/mol. The first-order chi connectivity index (χ1) is 9.66. The van der Waals surface area contributed by atoms with Gasteiger partial charge in [-0.15, -0.1) is 0 Å². The predicted octanol–water partition coefficient (Wildman–Crippen LogP) is 2.37. The van der Waals surface area contributed by atoms with Gasteiger partial charge < -0.3 is 9.64 Å². The number of morpholine rings is 1. The lowest BCUT2D eigenvalue weighted by Gasteiger charge is -2.36. The number of ether oxygens (including phenoxy) is 1. The first-order valence-electron chi connectivity index (χ1n) is 7.13. The minimum absolute atomic E-state index is 0.0582. The van der Waals surface area contributed by atoms with Crippen LogP contribution in [0.25, 0.3) is 6.08 Å². The van der Waals surface area contributed by atoms with Crippen LogP contribution < -0.4 is 0 Å². The lowest BCUT2D eigenvalue weighted by Crippen LogP contribution is -2.48. The molecule has 0 N–H and O–H groups in total. The van der Waals surface area contributed by atoms with Crippen molar-refractivity contribution < 1.29 is 9.53 Å². The van der Waals surface area contributed by atoms with Crippen molar-refractivity contribution in [2.24, 2.45) is 5.92 Å². The number of rotatable bonds is 4. The summed E-state index contributed by atoms with van der Waals surface area (Å²) in [4.78, 5) is 18.3. The van der Waals surface area contributed by atoms with Gasteiger partial charge in [-0.05, 0) is 30.0 Å². The first kappa shape index (κ1) is 14.7. The van der Waals surface area contributed by atoms with Crippen LogP contribution in [0.2, 0.25) is 0 Å². The van der Waals surface area contributed by atoms with Gasteiger partial charge in [0, 0.05) is 25.0 Å². The average Bonchev–Trinajstić information content (AvgIpc) is 2.46. The summed E-state index contributed by atoms with van der Waals surface area (Å²) < 4.78 is 5.50. The van der Waals surface area contributed by atoms with Crippen LogP contribution in [0.3, 0.4) is 0 Å². The molecule has 0 spiro atoms. The number of pyridine rings is 1. The van der Waals surface area contributed by atoms with Gasteiger partial charge in [0.05, 0.1) is 19.3 Å². The molecule has 4 nitrogen and oxygen atoms in total. The van der Waals surface area contributed by atoms with Gasteiger partial charge in [0.1, 0.15) is 0 Å². The second-order valence-electron chi connectivity index (χ2n) is 5.51. The summed E-state index contributed by atoms with van der Waals surface area (Å²) in [5.74, 6) is 0.613. The van der Waals surface area contributed by atoms with Gasteiger partial charge in [0.15, 0.2) is 0 Å². The first-order valence-corrected chi connectivity index (χ1v) is 7.13. The number of amides is 1. The van der Waals surface area contributed by atoms with Gasteiger partial charge >= 0.3 is 0 Å². The normalized spacial score (nSPS) is 19.8. The molecular formula is C16H22N2O2. The molecule has 0 radical (unpaired) electrons. The van der Waals surface area contributed by atoms with E-state index in [9.17, 15) is 4.79 Å². The van der Waals surface area contributed by atoms with Crippen LogP contribution in [-0.4, -0.2) is 41.6 Å².